The van der Waals surface area contributed by atoms with Crippen molar-refractivity contribution < 1.29 is 0 Å². The molecule has 1 nitrogen and oxygen atoms in total. The Morgan fingerprint density at radius 3 is 2.45 bits per heavy atom. The van der Waals surface area contributed by atoms with E-state index in [2.05, 4.69) is 25.8 Å². The molecule has 0 aromatic heterocycles. The molecule has 11 heavy (non-hydrogen) atoms. The van der Waals surface area contributed by atoms with Gasteiger partial charge in [0.15, 0.2) is 0 Å². The zero-order valence-corrected chi connectivity index (χ0v) is 8.14. The Balaban J connectivity index is 1.98. The molecule has 0 N–H and O–H groups in total. The highest BCUT2D eigenvalue weighted by Crippen LogP contribution is 2.33. The fourth-order valence-corrected chi connectivity index (χ4v) is 1.69. The summed E-state index contributed by atoms with van der Waals surface area (Å²) in [7, 11) is 2.27. The van der Waals surface area contributed by atoms with E-state index in [0.717, 1.165) is 12.0 Å². The van der Waals surface area contributed by atoms with Gasteiger partial charge in [-0.2, -0.15) is 0 Å². The first kappa shape index (κ1) is 9.05. The van der Waals surface area contributed by atoms with Gasteiger partial charge in [-0.3, -0.25) is 0 Å². The van der Waals surface area contributed by atoms with Crippen molar-refractivity contribution in [3.63, 3.8) is 0 Å². The van der Waals surface area contributed by atoms with Crippen molar-refractivity contribution in [2.45, 2.75) is 45.6 Å². The van der Waals surface area contributed by atoms with Gasteiger partial charge < -0.3 is 4.90 Å². The minimum atomic E-state index is 0.923. The Labute approximate surface area is 70.8 Å². The van der Waals surface area contributed by atoms with E-state index in [4.69, 9.17) is 0 Å². The minimum Gasteiger partial charge on any atom is -0.303 e. The molecule has 0 aromatic carbocycles. The summed E-state index contributed by atoms with van der Waals surface area (Å²) in [5.41, 5.74) is 0. The molecule has 1 fully saturated rings. The Hall–Kier alpha value is -0.0400. The van der Waals surface area contributed by atoms with Crippen LogP contribution in [0.2, 0.25) is 0 Å². The number of nitrogens with zero attached hydrogens (tertiary/aromatic N) is 1. The van der Waals surface area contributed by atoms with Gasteiger partial charge in [0.05, 0.1) is 0 Å². The van der Waals surface area contributed by atoms with Crippen LogP contribution in [0.5, 0.6) is 0 Å². The summed E-state index contributed by atoms with van der Waals surface area (Å²) < 4.78 is 0. The Morgan fingerprint density at radius 2 is 2.00 bits per heavy atom. The van der Waals surface area contributed by atoms with E-state index in [-0.39, 0.29) is 0 Å². The average molecular weight is 155 g/mol. The van der Waals surface area contributed by atoms with Crippen LogP contribution >= 0.6 is 0 Å². The van der Waals surface area contributed by atoms with Crippen molar-refractivity contribution in [3.05, 3.63) is 0 Å². The van der Waals surface area contributed by atoms with Crippen LogP contribution in [0.15, 0.2) is 0 Å². The lowest BCUT2D eigenvalue weighted by atomic mass is 10.2. The quantitative estimate of drug-likeness (QED) is 0.551. The van der Waals surface area contributed by atoms with E-state index in [1.54, 1.807) is 0 Å². The third kappa shape index (κ3) is 2.82. The van der Waals surface area contributed by atoms with Gasteiger partial charge in [-0.15, -0.1) is 0 Å². The van der Waals surface area contributed by atoms with E-state index in [9.17, 15) is 0 Å². The minimum absolute atomic E-state index is 0.923. The average Bonchev–Trinajstić information content (AvgIpc) is 2.67. The maximum absolute atomic E-state index is 2.53. The highest BCUT2D eigenvalue weighted by Gasteiger charge is 2.35. The second-order valence-corrected chi connectivity index (χ2v) is 3.97. The largest absolute Gasteiger partial charge is 0.303 e. The number of rotatable bonds is 5. The van der Waals surface area contributed by atoms with Gasteiger partial charge in [-0.25, -0.2) is 0 Å². The van der Waals surface area contributed by atoms with Crippen LogP contribution in [-0.4, -0.2) is 24.5 Å². The second kappa shape index (κ2) is 4.10. The normalized spacial score (nSPS) is 29.5. The van der Waals surface area contributed by atoms with Gasteiger partial charge >= 0.3 is 0 Å². The summed E-state index contributed by atoms with van der Waals surface area (Å²) in [6.45, 7) is 5.92. The van der Waals surface area contributed by atoms with Gasteiger partial charge in [-0.1, -0.05) is 26.7 Å². The molecular formula is C10H21N. The summed E-state index contributed by atoms with van der Waals surface area (Å²) >= 11 is 0. The third-order valence-electron chi connectivity index (χ3n) is 2.75. The lowest BCUT2D eigenvalue weighted by Crippen LogP contribution is -2.23. The first-order chi connectivity index (χ1) is 5.25. The molecule has 0 bridgehead atoms. The van der Waals surface area contributed by atoms with Crippen molar-refractivity contribution in [3.8, 4) is 0 Å². The molecular weight excluding hydrogens is 134 g/mol. The van der Waals surface area contributed by atoms with E-state index in [1.807, 2.05) is 0 Å². The van der Waals surface area contributed by atoms with Gasteiger partial charge in [0.2, 0.25) is 0 Å². The van der Waals surface area contributed by atoms with E-state index in [0.29, 0.717) is 0 Å². The zero-order chi connectivity index (χ0) is 8.27. The predicted octanol–water partition coefficient (Wildman–Crippen LogP) is 2.52. The van der Waals surface area contributed by atoms with Gasteiger partial charge in [0.25, 0.3) is 0 Å². The molecule has 0 saturated heterocycles. The van der Waals surface area contributed by atoms with E-state index in [1.165, 1.54) is 32.2 Å². The molecule has 1 saturated carbocycles. The molecule has 0 spiro atoms. The standard InChI is InChI=1S/C10H21N/c1-4-5-6-7-11(3)10-8-9(10)2/h9-10H,4-8H2,1-3H3. The van der Waals surface area contributed by atoms with Crippen LogP contribution < -0.4 is 0 Å². The molecule has 66 valence electrons. The monoisotopic (exact) mass is 155 g/mol. The third-order valence-corrected chi connectivity index (χ3v) is 2.75. The smallest absolute Gasteiger partial charge is 0.0121 e. The molecule has 0 amide bonds. The first-order valence-electron chi connectivity index (χ1n) is 4.96. The highest BCUT2D eigenvalue weighted by atomic mass is 15.2. The molecule has 0 radical (unpaired) electrons. The Morgan fingerprint density at radius 1 is 1.36 bits per heavy atom. The maximum Gasteiger partial charge on any atom is 0.0121 e. The highest BCUT2D eigenvalue weighted by molar-refractivity contribution is 4.90. The molecule has 0 aromatic rings. The molecule has 2 unspecified atom stereocenters. The van der Waals surface area contributed by atoms with Crippen LogP contribution in [0.1, 0.15) is 39.5 Å². The Bertz CT molecular complexity index is 111. The SMILES string of the molecule is CCCCCN(C)C1CC1C. The molecule has 1 aliphatic rings. The fraction of sp³-hybridized carbons (Fsp3) is 1.00. The molecule has 1 rings (SSSR count). The summed E-state index contributed by atoms with van der Waals surface area (Å²) in [6.07, 6.45) is 5.55. The van der Waals surface area contributed by atoms with Crippen molar-refractivity contribution in [1.29, 1.82) is 0 Å². The topological polar surface area (TPSA) is 3.24 Å². The number of hydrogen-bond acceptors (Lipinski definition) is 1. The van der Waals surface area contributed by atoms with Gasteiger partial charge in [0.1, 0.15) is 0 Å². The van der Waals surface area contributed by atoms with Crippen LogP contribution in [0.3, 0.4) is 0 Å². The van der Waals surface area contributed by atoms with Crippen molar-refractivity contribution in [2.24, 2.45) is 5.92 Å². The summed E-state index contributed by atoms with van der Waals surface area (Å²) in [5.74, 6) is 0.974. The van der Waals surface area contributed by atoms with Crippen molar-refractivity contribution in [1.82, 2.24) is 4.90 Å². The van der Waals surface area contributed by atoms with E-state index < -0.39 is 0 Å². The number of hydrogen-bond donors (Lipinski definition) is 0. The fourth-order valence-electron chi connectivity index (χ4n) is 1.69. The molecule has 1 aliphatic carbocycles. The lowest BCUT2D eigenvalue weighted by molar-refractivity contribution is 0.304. The van der Waals surface area contributed by atoms with Gasteiger partial charge in [-0.05, 0) is 32.4 Å². The molecule has 1 heteroatoms. The molecule has 0 aliphatic heterocycles. The van der Waals surface area contributed by atoms with Crippen molar-refractivity contribution >= 4 is 0 Å². The second-order valence-electron chi connectivity index (χ2n) is 3.97. The van der Waals surface area contributed by atoms with Crippen LogP contribution in [0, 0.1) is 5.92 Å². The zero-order valence-electron chi connectivity index (χ0n) is 8.14. The summed E-state index contributed by atoms with van der Waals surface area (Å²) in [5, 5.41) is 0. The Kier molecular flexibility index (Phi) is 3.38. The van der Waals surface area contributed by atoms with Crippen LogP contribution in [-0.2, 0) is 0 Å². The van der Waals surface area contributed by atoms with Gasteiger partial charge in [0, 0.05) is 6.04 Å². The number of unbranched alkanes of at least 4 members (excludes halogenated alkanes) is 2. The first-order valence-corrected chi connectivity index (χ1v) is 4.96. The van der Waals surface area contributed by atoms with Crippen LogP contribution in [0.4, 0.5) is 0 Å². The lowest BCUT2D eigenvalue weighted by Gasteiger charge is -2.15. The summed E-state index contributed by atoms with van der Waals surface area (Å²) in [4.78, 5) is 2.53. The van der Waals surface area contributed by atoms with Crippen molar-refractivity contribution in [2.75, 3.05) is 13.6 Å². The molecule has 2 atom stereocenters. The van der Waals surface area contributed by atoms with Crippen LogP contribution in [0.25, 0.3) is 0 Å². The maximum atomic E-state index is 2.53. The summed E-state index contributed by atoms with van der Waals surface area (Å²) in [6, 6.07) is 0.923. The molecule has 0 heterocycles. The predicted molar refractivity (Wildman–Crippen MR) is 49.7 cm³/mol. The van der Waals surface area contributed by atoms with E-state index >= 15 is 0 Å².